The number of halogens is 1. The summed E-state index contributed by atoms with van der Waals surface area (Å²) < 4.78 is 7.65. The molecule has 1 N–H and O–H groups in total. The number of benzene rings is 1. The molecule has 1 aliphatic heterocycles. The van der Waals surface area contributed by atoms with Gasteiger partial charge in [0.25, 0.3) is 5.78 Å². The summed E-state index contributed by atoms with van der Waals surface area (Å²) in [5.41, 5.74) is 1.18. The number of Topliss-reactive ketones (excluding diaryl/α,β-unsaturated/α-hetero) is 1. The van der Waals surface area contributed by atoms with E-state index < -0.39 is 17.5 Å². The molecular weight excluding hydrogens is 468 g/mol. The zero-order chi connectivity index (χ0) is 24.6. The van der Waals surface area contributed by atoms with Crippen LogP contribution in [0.15, 0.2) is 30.6 Å². The zero-order valence-corrected chi connectivity index (χ0v) is 20.5. The Bertz CT molecular complexity index is 1250. The van der Waals surface area contributed by atoms with E-state index in [4.69, 9.17) is 16.3 Å². The molecule has 5 rings (SSSR count). The van der Waals surface area contributed by atoms with E-state index in [1.165, 1.54) is 10.7 Å². The molecule has 0 radical (unpaired) electrons. The summed E-state index contributed by atoms with van der Waals surface area (Å²) in [6, 6.07) is 5.62. The molecule has 2 unspecified atom stereocenters. The van der Waals surface area contributed by atoms with Crippen LogP contribution >= 0.6 is 11.6 Å². The third-order valence-electron chi connectivity index (χ3n) is 7.50. The number of aromatic nitrogens is 4. The molecule has 1 aliphatic carbocycles. The molecule has 8 nitrogen and oxygen atoms in total. The second kappa shape index (κ2) is 9.57. The number of aryl methyl sites for hydroxylation is 2. The SMILES string of the molecule is CCc1cc(CCC2(C3CCCC3)CC(=O)C(Cc3nc4ncc(Cl)cn4n3)C(=O)O2)ccc1O. The highest BCUT2D eigenvalue weighted by atomic mass is 35.5. The molecule has 184 valence electrons. The van der Waals surface area contributed by atoms with Crippen LogP contribution in [0.2, 0.25) is 5.02 Å². The Balaban J connectivity index is 1.35. The van der Waals surface area contributed by atoms with Crippen molar-refractivity contribution in [2.24, 2.45) is 11.8 Å². The van der Waals surface area contributed by atoms with Crippen LogP contribution in [0.5, 0.6) is 5.75 Å². The van der Waals surface area contributed by atoms with Gasteiger partial charge in [-0.1, -0.05) is 43.5 Å². The second-order valence-electron chi connectivity index (χ2n) is 9.73. The lowest BCUT2D eigenvalue weighted by Crippen LogP contribution is -2.52. The number of esters is 1. The van der Waals surface area contributed by atoms with E-state index in [1.807, 2.05) is 19.1 Å². The average molecular weight is 497 g/mol. The predicted octanol–water partition coefficient (Wildman–Crippen LogP) is 4.28. The van der Waals surface area contributed by atoms with Crippen molar-refractivity contribution in [3.63, 3.8) is 0 Å². The van der Waals surface area contributed by atoms with Crippen LogP contribution in [0.3, 0.4) is 0 Å². The maximum absolute atomic E-state index is 13.4. The number of aromatic hydroxyl groups is 1. The van der Waals surface area contributed by atoms with Gasteiger partial charge < -0.3 is 9.84 Å². The summed E-state index contributed by atoms with van der Waals surface area (Å²) in [5.74, 6) is -0.323. The minimum absolute atomic E-state index is 0.0806. The number of carbonyl (C=O) groups is 2. The Labute approximate surface area is 208 Å². The monoisotopic (exact) mass is 496 g/mol. The van der Waals surface area contributed by atoms with Crippen molar-refractivity contribution in [2.45, 2.75) is 70.3 Å². The van der Waals surface area contributed by atoms with E-state index in [0.717, 1.165) is 43.2 Å². The number of hydrogen-bond acceptors (Lipinski definition) is 7. The Morgan fingerprint density at radius 2 is 2.06 bits per heavy atom. The Morgan fingerprint density at radius 1 is 1.26 bits per heavy atom. The molecule has 1 saturated carbocycles. The smallest absolute Gasteiger partial charge is 0.317 e. The molecule has 0 spiro atoms. The first-order chi connectivity index (χ1) is 16.9. The maximum atomic E-state index is 13.4. The first-order valence-electron chi connectivity index (χ1n) is 12.3. The molecule has 3 heterocycles. The molecule has 0 bridgehead atoms. The number of carbonyl (C=O) groups excluding carboxylic acids is 2. The van der Waals surface area contributed by atoms with Crippen molar-refractivity contribution in [3.8, 4) is 5.75 Å². The number of cyclic esters (lactones) is 1. The fourth-order valence-electron chi connectivity index (χ4n) is 5.58. The Hall–Kier alpha value is -3.00. The number of phenolic OH excluding ortho intramolecular Hbond substituents is 1. The van der Waals surface area contributed by atoms with Gasteiger partial charge in [-0.15, -0.1) is 5.10 Å². The molecule has 35 heavy (non-hydrogen) atoms. The average Bonchev–Trinajstić information content (AvgIpc) is 3.51. The van der Waals surface area contributed by atoms with Crippen LogP contribution in [0, 0.1) is 11.8 Å². The van der Waals surface area contributed by atoms with Crippen molar-refractivity contribution in [2.75, 3.05) is 0 Å². The van der Waals surface area contributed by atoms with E-state index in [1.54, 1.807) is 12.3 Å². The number of phenols is 1. The van der Waals surface area contributed by atoms with Crippen LogP contribution in [-0.2, 0) is 33.6 Å². The van der Waals surface area contributed by atoms with Crippen molar-refractivity contribution in [3.05, 3.63) is 52.6 Å². The van der Waals surface area contributed by atoms with Crippen LogP contribution in [0.1, 0.15) is 62.4 Å². The van der Waals surface area contributed by atoms with Gasteiger partial charge in [0, 0.05) is 12.8 Å². The van der Waals surface area contributed by atoms with Gasteiger partial charge in [0.05, 0.1) is 17.4 Å². The van der Waals surface area contributed by atoms with Gasteiger partial charge in [0.1, 0.15) is 17.3 Å². The number of hydrogen-bond donors (Lipinski definition) is 1. The Morgan fingerprint density at radius 3 is 2.80 bits per heavy atom. The Kier molecular flexibility index (Phi) is 6.49. The number of ketones is 1. The predicted molar refractivity (Wildman–Crippen MR) is 129 cm³/mol. The highest BCUT2D eigenvalue weighted by molar-refractivity contribution is 6.30. The van der Waals surface area contributed by atoms with E-state index in [0.29, 0.717) is 35.2 Å². The molecule has 2 aliphatic rings. The molecular formula is C26H29ClN4O4. The zero-order valence-electron chi connectivity index (χ0n) is 19.7. The van der Waals surface area contributed by atoms with Crippen molar-refractivity contribution in [1.29, 1.82) is 0 Å². The van der Waals surface area contributed by atoms with Gasteiger partial charge in [0.15, 0.2) is 11.6 Å². The molecule has 9 heteroatoms. The summed E-state index contributed by atoms with van der Waals surface area (Å²) in [6.07, 6.45) is 9.44. The third kappa shape index (κ3) is 4.76. The second-order valence-corrected chi connectivity index (χ2v) is 10.2. The van der Waals surface area contributed by atoms with E-state index in [9.17, 15) is 14.7 Å². The summed E-state index contributed by atoms with van der Waals surface area (Å²) in [7, 11) is 0. The standard InChI is InChI=1S/C26H29ClN4O4/c1-2-17-11-16(7-8-21(17)32)9-10-26(18-5-3-4-6-18)13-22(33)20(24(34)35-26)12-23-29-25-28-14-19(27)15-31(25)30-23/h7-8,11,14-15,18,20,32H,2-6,9-10,12-13H2,1H3. The summed E-state index contributed by atoms with van der Waals surface area (Å²) in [5, 5.41) is 14.8. The van der Waals surface area contributed by atoms with E-state index in [2.05, 4.69) is 15.1 Å². The number of ether oxygens (including phenoxy) is 1. The van der Waals surface area contributed by atoms with Gasteiger partial charge >= 0.3 is 5.97 Å². The van der Waals surface area contributed by atoms with Crippen molar-refractivity contribution in [1.82, 2.24) is 19.6 Å². The van der Waals surface area contributed by atoms with Crippen LogP contribution in [0.4, 0.5) is 0 Å². The molecule has 1 aromatic carbocycles. The van der Waals surface area contributed by atoms with Crippen molar-refractivity contribution < 1.29 is 19.4 Å². The fourth-order valence-corrected chi connectivity index (χ4v) is 5.72. The highest BCUT2D eigenvalue weighted by Gasteiger charge is 2.51. The topological polar surface area (TPSA) is 107 Å². The number of rotatable bonds is 7. The van der Waals surface area contributed by atoms with Crippen LogP contribution in [0.25, 0.3) is 5.78 Å². The molecule has 0 amide bonds. The summed E-state index contributed by atoms with van der Waals surface area (Å²) >= 11 is 5.97. The first-order valence-corrected chi connectivity index (χ1v) is 12.7. The molecule has 2 aromatic heterocycles. The van der Waals surface area contributed by atoms with Gasteiger partial charge in [-0.3, -0.25) is 9.59 Å². The van der Waals surface area contributed by atoms with Gasteiger partial charge in [-0.2, -0.15) is 4.98 Å². The lowest BCUT2D eigenvalue weighted by molar-refractivity contribution is -0.185. The lowest BCUT2D eigenvalue weighted by Gasteiger charge is -2.43. The quantitative estimate of drug-likeness (QED) is 0.384. The van der Waals surface area contributed by atoms with Crippen molar-refractivity contribution >= 4 is 29.1 Å². The molecule has 2 atom stereocenters. The van der Waals surface area contributed by atoms with Gasteiger partial charge in [-0.25, -0.2) is 9.50 Å². The van der Waals surface area contributed by atoms with E-state index in [-0.39, 0.29) is 24.5 Å². The molecule has 1 saturated heterocycles. The highest BCUT2D eigenvalue weighted by Crippen LogP contribution is 2.45. The van der Waals surface area contributed by atoms with Gasteiger partial charge in [0.2, 0.25) is 0 Å². The minimum atomic E-state index is -0.919. The minimum Gasteiger partial charge on any atom is -0.508 e. The number of nitrogens with zero attached hydrogens (tertiary/aromatic N) is 4. The summed E-state index contributed by atoms with van der Waals surface area (Å²) in [6.45, 7) is 2.00. The van der Waals surface area contributed by atoms with Gasteiger partial charge in [-0.05, 0) is 55.2 Å². The third-order valence-corrected chi connectivity index (χ3v) is 7.70. The first kappa shape index (κ1) is 23.7. The molecule has 3 aromatic rings. The van der Waals surface area contributed by atoms with E-state index >= 15 is 0 Å². The normalized spacial score (nSPS) is 23.2. The summed E-state index contributed by atoms with van der Waals surface area (Å²) in [4.78, 5) is 35.1. The lowest BCUT2D eigenvalue weighted by atomic mass is 9.73. The van der Waals surface area contributed by atoms with Crippen LogP contribution < -0.4 is 0 Å². The fraction of sp³-hybridized carbons (Fsp3) is 0.500. The molecule has 2 fully saturated rings. The van der Waals surface area contributed by atoms with Crippen LogP contribution in [-0.4, -0.2) is 42.0 Å². The number of fused-ring (bicyclic) bond motifs is 1. The largest absolute Gasteiger partial charge is 0.508 e. The maximum Gasteiger partial charge on any atom is 0.317 e.